The number of nitrogens with zero attached hydrogens (tertiary/aromatic N) is 2. The lowest BCUT2D eigenvalue weighted by atomic mass is 10.2. The van der Waals surface area contributed by atoms with Gasteiger partial charge in [-0.1, -0.05) is 40.5 Å². The molecule has 2 aromatic rings. The summed E-state index contributed by atoms with van der Waals surface area (Å²) in [6, 6.07) is 6.10. The number of anilines is 2. The fourth-order valence-corrected chi connectivity index (χ4v) is 2.39. The van der Waals surface area contributed by atoms with Crippen LogP contribution in [0.25, 0.3) is 0 Å². The van der Waals surface area contributed by atoms with Crippen LogP contribution in [0.1, 0.15) is 30.3 Å². The lowest BCUT2D eigenvalue weighted by Crippen LogP contribution is -2.04. The molecule has 1 aromatic carbocycles. The third-order valence-corrected chi connectivity index (χ3v) is 3.92. The Labute approximate surface area is 132 Å². The SMILES string of the molecule is CCCc1nc(Cl)c(C)c(Nc2cc(Br)ccc2C)n1. The predicted molar refractivity (Wildman–Crippen MR) is 87.9 cm³/mol. The van der Waals surface area contributed by atoms with Crippen LogP contribution in [-0.4, -0.2) is 9.97 Å². The number of nitrogens with one attached hydrogen (secondary N) is 1. The van der Waals surface area contributed by atoms with E-state index in [0.717, 1.165) is 45.8 Å². The summed E-state index contributed by atoms with van der Waals surface area (Å²) in [7, 11) is 0. The maximum Gasteiger partial charge on any atom is 0.138 e. The summed E-state index contributed by atoms with van der Waals surface area (Å²) in [4.78, 5) is 8.88. The monoisotopic (exact) mass is 353 g/mol. The van der Waals surface area contributed by atoms with Gasteiger partial charge < -0.3 is 5.32 Å². The third kappa shape index (κ3) is 3.49. The zero-order chi connectivity index (χ0) is 14.7. The molecular weight excluding hydrogens is 338 g/mol. The van der Waals surface area contributed by atoms with Crippen molar-refractivity contribution < 1.29 is 0 Å². The van der Waals surface area contributed by atoms with E-state index in [1.807, 2.05) is 19.1 Å². The highest BCUT2D eigenvalue weighted by molar-refractivity contribution is 9.10. The smallest absolute Gasteiger partial charge is 0.138 e. The largest absolute Gasteiger partial charge is 0.340 e. The van der Waals surface area contributed by atoms with E-state index in [4.69, 9.17) is 11.6 Å². The fraction of sp³-hybridized carbons (Fsp3) is 0.333. The van der Waals surface area contributed by atoms with Crippen LogP contribution >= 0.6 is 27.5 Å². The van der Waals surface area contributed by atoms with Crippen LogP contribution < -0.4 is 5.32 Å². The molecule has 0 fully saturated rings. The molecule has 0 bridgehead atoms. The molecule has 1 aromatic heterocycles. The van der Waals surface area contributed by atoms with Crippen molar-refractivity contribution in [2.45, 2.75) is 33.6 Å². The first-order valence-corrected chi connectivity index (χ1v) is 7.74. The Morgan fingerprint density at radius 2 is 2.00 bits per heavy atom. The summed E-state index contributed by atoms with van der Waals surface area (Å²) >= 11 is 9.67. The molecule has 5 heteroatoms. The van der Waals surface area contributed by atoms with Gasteiger partial charge >= 0.3 is 0 Å². The Morgan fingerprint density at radius 1 is 1.25 bits per heavy atom. The molecule has 1 heterocycles. The molecule has 20 heavy (non-hydrogen) atoms. The van der Waals surface area contributed by atoms with Crippen LogP contribution in [-0.2, 0) is 6.42 Å². The Morgan fingerprint density at radius 3 is 2.70 bits per heavy atom. The van der Waals surface area contributed by atoms with Crippen molar-refractivity contribution >= 4 is 39.0 Å². The van der Waals surface area contributed by atoms with Gasteiger partial charge in [0.1, 0.15) is 16.8 Å². The molecule has 0 amide bonds. The van der Waals surface area contributed by atoms with Crippen molar-refractivity contribution in [3.63, 3.8) is 0 Å². The van der Waals surface area contributed by atoms with Crippen molar-refractivity contribution in [3.8, 4) is 0 Å². The van der Waals surface area contributed by atoms with E-state index in [2.05, 4.69) is 51.1 Å². The standard InChI is InChI=1S/C15H17BrClN3/c1-4-5-13-19-14(17)10(3)15(20-13)18-12-8-11(16)7-6-9(12)2/h6-8H,4-5H2,1-3H3,(H,18,19,20). The summed E-state index contributed by atoms with van der Waals surface area (Å²) in [5, 5.41) is 3.87. The van der Waals surface area contributed by atoms with Crippen molar-refractivity contribution in [1.82, 2.24) is 9.97 Å². The molecule has 0 aliphatic carbocycles. The van der Waals surface area contributed by atoms with Crippen molar-refractivity contribution in [1.29, 1.82) is 0 Å². The molecule has 0 spiro atoms. The zero-order valence-electron chi connectivity index (χ0n) is 11.8. The summed E-state index contributed by atoms with van der Waals surface area (Å²) in [5.74, 6) is 1.55. The van der Waals surface area contributed by atoms with Crippen LogP contribution in [0.3, 0.4) is 0 Å². The van der Waals surface area contributed by atoms with Gasteiger partial charge in [-0.15, -0.1) is 0 Å². The van der Waals surface area contributed by atoms with E-state index in [1.54, 1.807) is 0 Å². The number of benzene rings is 1. The van der Waals surface area contributed by atoms with Gasteiger partial charge in [0.2, 0.25) is 0 Å². The first-order chi connectivity index (χ1) is 9.51. The number of hydrogen-bond donors (Lipinski definition) is 1. The number of halogens is 2. The second-order valence-corrected chi connectivity index (χ2v) is 6.01. The first kappa shape index (κ1) is 15.3. The highest BCUT2D eigenvalue weighted by Crippen LogP contribution is 2.27. The van der Waals surface area contributed by atoms with Gasteiger partial charge in [0, 0.05) is 22.1 Å². The van der Waals surface area contributed by atoms with E-state index in [-0.39, 0.29) is 0 Å². The third-order valence-electron chi connectivity index (χ3n) is 3.06. The minimum atomic E-state index is 0.513. The molecule has 0 atom stereocenters. The van der Waals surface area contributed by atoms with Gasteiger partial charge in [0.25, 0.3) is 0 Å². The summed E-state index contributed by atoms with van der Waals surface area (Å²) < 4.78 is 1.03. The van der Waals surface area contributed by atoms with E-state index in [1.165, 1.54) is 0 Å². The highest BCUT2D eigenvalue weighted by Gasteiger charge is 2.10. The second-order valence-electron chi connectivity index (χ2n) is 4.74. The normalized spacial score (nSPS) is 10.7. The summed E-state index contributed by atoms with van der Waals surface area (Å²) in [6.45, 7) is 6.08. The van der Waals surface area contributed by atoms with Crippen LogP contribution in [0.4, 0.5) is 11.5 Å². The van der Waals surface area contributed by atoms with Gasteiger partial charge in [0.05, 0.1) is 0 Å². The number of aryl methyl sites for hydroxylation is 2. The van der Waals surface area contributed by atoms with E-state index >= 15 is 0 Å². The number of aromatic nitrogens is 2. The number of rotatable bonds is 4. The van der Waals surface area contributed by atoms with Gasteiger partial charge in [-0.3, -0.25) is 0 Å². The maximum atomic E-state index is 6.19. The predicted octanol–water partition coefficient (Wildman–Crippen LogP) is 5.21. The van der Waals surface area contributed by atoms with E-state index in [9.17, 15) is 0 Å². The Balaban J connectivity index is 2.39. The van der Waals surface area contributed by atoms with Crippen LogP contribution in [0, 0.1) is 13.8 Å². The molecule has 3 nitrogen and oxygen atoms in total. The van der Waals surface area contributed by atoms with Crippen LogP contribution in [0.2, 0.25) is 5.15 Å². The average Bonchev–Trinajstić information content (AvgIpc) is 2.40. The Hall–Kier alpha value is -1.13. The zero-order valence-corrected chi connectivity index (χ0v) is 14.1. The van der Waals surface area contributed by atoms with E-state index < -0.39 is 0 Å². The molecule has 0 unspecified atom stereocenters. The van der Waals surface area contributed by atoms with Crippen molar-refractivity contribution in [3.05, 3.63) is 44.8 Å². The lowest BCUT2D eigenvalue weighted by Gasteiger charge is -2.13. The van der Waals surface area contributed by atoms with Crippen molar-refractivity contribution in [2.75, 3.05) is 5.32 Å². The van der Waals surface area contributed by atoms with Crippen LogP contribution in [0.15, 0.2) is 22.7 Å². The fourth-order valence-electron chi connectivity index (χ4n) is 1.85. The minimum absolute atomic E-state index is 0.513. The van der Waals surface area contributed by atoms with Gasteiger partial charge in [-0.2, -0.15) is 0 Å². The van der Waals surface area contributed by atoms with Gasteiger partial charge in [-0.25, -0.2) is 9.97 Å². The summed E-state index contributed by atoms with van der Waals surface area (Å²) in [5.41, 5.74) is 3.03. The van der Waals surface area contributed by atoms with Crippen LogP contribution in [0.5, 0.6) is 0 Å². The molecule has 0 radical (unpaired) electrons. The lowest BCUT2D eigenvalue weighted by molar-refractivity contribution is 0.833. The Kier molecular flexibility index (Phi) is 5.00. The van der Waals surface area contributed by atoms with Crippen molar-refractivity contribution in [2.24, 2.45) is 0 Å². The molecule has 0 aliphatic heterocycles. The minimum Gasteiger partial charge on any atom is -0.340 e. The topological polar surface area (TPSA) is 37.8 Å². The molecule has 0 saturated heterocycles. The molecule has 0 saturated carbocycles. The molecular formula is C15H17BrClN3. The quantitative estimate of drug-likeness (QED) is 0.766. The average molecular weight is 355 g/mol. The van der Waals surface area contributed by atoms with Gasteiger partial charge in [0.15, 0.2) is 0 Å². The molecule has 106 valence electrons. The Bertz CT molecular complexity index is 629. The second kappa shape index (κ2) is 6.55. The number of hydrogen-bond acceptors (Lipinski definition) is 3. The first-order valence-electron chi connectivity index (χ1n) is 6.57. The van der Waals surface area contributed by atoms with Gasteiger partial charge in [-0.05, 0) is 38.0 Å². The summed E-state index contributed by atoms with van der Waals surface area (Å²) in [6.07, 6.45) is 1.82. The maximum absolute atomic E-state index is 6.19. The molecule has 2 rings (SSSR count). The highest BCUT2D eigenvalue weighted by atomic mass is 79.9. The molecule has 0 aliphatic rings. The molecule has 1 N–H and O–H groups in total. The van der Waals surface area contributed by atoms with E-state index in [0.29, 0.717) is 5.15 Å².